The Morgan fingerprint density at radius 2 is 2.14 bits per heavy atom. The van der Waals surface area contributed by atoms with Crippen molar-refractivity contribution < 1.29 is 23.8 Å². The van der Waals surface area contributed by atoms with E-state index in [-0.39, 0.29) is 6.61 Å². The number of nitrogens with one attached hydrogen (secondary N) is 1. The first-order chi connectivity index (χ1) is 13.5. The lowest BCUT2D eigenvalue weighted by Crippen LogP contribution is -2.31. The number of benzene rings is 1. The van der Waals surface area contributed by atoms with E-state index in [0.29, 0.717) is 28.5 Å². The summed E-state index contributed by atoms with van der Waals surface area (Å²) in [5.74, 6) is -0.355. The number of hydrogen-bond acceptors (Lipinski definition) is 7. The summed E-state index contributed by atoms with van der Waals surface area (Å²) in [6.45, 7) is 4.75. The van der Waals surface area contributed by atoms with Crippen molar-refractivity contribution in [3.63, 3.8) is 0 Å². The van der Waals surface area contributed by atoms with Gasteiger partial charge in [0.05, 0.1) is 12.7 Å². The smallest absolute Gasteiger partial charge is 0.344 e. The van der Waals surface area contributed by atoms with E-state index in [0.717, 1.165) is 5.56 Å². The Kier molecular flexibility index (Phi) is 7.60. The standard InChI is InChI=1S/C20H20N2O5S/c1-4-5-14-6-7-16(17(10-14)25-3)26-12-18(23)27-13(2)19(24)22-20-15(11-21)8-9-28-20/h4,6-10,13H,1,5,12H2,2-3H3,(H,22,24)/t13-/m1/s1. The molecule has 1 amide bonds. The van der Waals surface area contributed by atoms with Gasteiger partial charge in [-0.25, -0.2) is 4.79 Å². The van der Waals surface area contributed by atoms with Crippen LogP contribution in [0.25, 0.3) is 0 Å². The number of methoxy groups -OCH3 is 1. The molecule has 0 aliphatic rings. The van der Waals surface area contributed by atoms with Crippen LogP contribution in [-0.4, -0.2) is 31.7 Å². The molecule has 7 nitrogen and oxygen atoms in total. The zero-order valence-electron chi connectivity index (χ0n) is 15.6. The fourth-order valence-corrected chi connectivity index (χ4v) is 2.99. The molecule has 0 unspecified atom stereocenters. The molecule has 1 aromatic carbocycles. The van der Waals surface area contributed by atoms with E-state index < -0.39 is 18.0 Å². The Morgan fingerprint density at radius 3 is 2.82 bits per heavy atom. The predicted octanol–water partition coefficient (Wildman–Crippen LogP) is 3.31. The zero-order valence-corrected chi connectivity index (χ0v) is 16.4. The predicted molar refractivity (Wildman–Crippen MR) is 106 cm³/mol. The molecule has 1 atom stereocenters. The van der Waals surface area contributed by atoms with Crippen LogP contribution in [0.5, 0.6) is 11.5 Å². The van der Waals surface area contributed by atoms with Crippen LogP contribution < -0.4 is 14.8 Å². The molecule has 2 aromatic rings. The molecule has 1 heterocycles. The van der Waals surface area contributed by atoms with Gasteiger partial charge in [-0.3, -0.25) is 4.79 Å². The SMILES string of the molecule is C=CCc1ccc(OCC(=O)O[C@H](C)C(=O)Nc2sccc2C#N)c(OC)c1. The van der Waals surface area contributed by atoms with Crippen molar-refractivity contribution in [2.24, 2.45) is 0 Å². The molecular weight excluding hydrogens is 380 g/mol. The minimum Gasteiger partial charge on any atom is -0.493 e. The second kappa shape index (κ2) is 10.1. The summed E-state index contributed by atoms with van der Waals surface area (Å²) in [5.41, 5.74) is 1.35. The number of carbonyl (C=O) groups excluding carboxylic acids is 2. The number of rotatable bonds is 9. The van der Waals surface area contributed by atoms with Crippen molar-refractivity contribution in [2.75, 3.05) is 19.0 Å². The van der Waals surface area contributed by atoms with Crippen molar-refractivity contribution in [2.45, 2.75) is 19.4 Å². The van der Waals surface area contributed by atoms with E-state index in [4.69, 9.17) is 19.5 Å². The number of anilines is 1. The topological polar surface area (TPSA) is 97.6 Å². The summed E-state index contributed by atoms with van der Waals surface area (Å²) >= 11 is 1.22. The third kappa shape index (κ3) is 5.59. The number of nitriles is 1. The van der Waals surface area contributed by atoms with Crippen LogP contribution >= 0.6 is 11.3 Å². The average molecular weight is 400 g/mol. The fourth-order valence-electron chi connectivity index (χ4n) is 2.25. The number of allylic oxidation sites excluding steroid dienone is 1. The first-order valence-electron chi connectivity index (χ1n) is 8.37. The molecular formula is C20H20N2O5S. The van der Waals surface area contributed by atoms with E-state index >= 15 is 0 Å². The summed E-state index contributed by atoms with van der Waals surface area (Å²) in [4.78, 5) is 24.1. The third-order valence-corrected chi connectivity index (χ3v) is 4.48. The third-order valence-electron chi connectivity index (χ3n) is 3.65. The fraction of sp³-hybridized carbons (Fsp3) is 0.250. The van der Waals surface area contributed by atoms with Crippen LogP contribution in [0.2, 0.25) is 0 Å². The van der Waals surface area contributed by atoms with Gasteiger partial charge in [-0.1, -0.05) is 12.1 Å². The van der Waals surface area contributed by atoms with E-state index in [1.807, 2.05) is 12.1 Å². The lowest BCUT2D eigenvalue weighted by atomic mass is 10.1. The van der Waals surface area contributed by atoms with Gasteiger partial charge in [0.25, 0.3) is 5.91 Å². The van der Waals surface area contributed by atoms with Crippen molar-refractivity contribution in [3.8, 4) is 17.6 Å². The van der Waals surface area contributed by atoms with Gasteiger partial charge in [0.15, 0.2) is 24.2 Å². The lowest BCUT2D eigenvalue weighted by Gasteiger charge is -2.14. The largest absolute Gasteiger partial charge is 0.493 e. The Balaban J connectivity index is 1.89. The van der Waals surface area contributed by atoms with Crippen LogP contribution in [0.1, 0.15) is 18.1 Å². The molecule has 146 valence electrons. The van der Waals surface area contributed by atoms with Gasteiger partial charge in [-0.2, -0.15) is 5.26 Å². The summed E-state index contributed by atoms with van der Waals surface area (Å²) in [6, 6.07) is 8.90. The van der Waals surface area contributed by atoms with Gasteiger partial charge in [0, 0.05) is 0 Å². The molecule has 0 saturated carbocycles. The van der Waals surface area contributed by atoms with Gasteiger partial charge in [-0.15, -0.1) is 17.9 Å². The number of thiophene rings is 1. The van der Waals surface area contributed by atoms with E-state index in [1.165, 1.54) is 25.4 Å². The van der Waals surface area contributed by atoms with E-state index in [9.17, 15) is 9.59 Å². The Bertz CT molecular complexity index is 900. The van der Waals surface area contributed by atoms with Crippen molar-refractivity contribution in [1.29, 1.82) is 5.26 Å². The molecule has 1 aromatic heterocycles. The van der Waals surface area contributed by atoms with Gasteiger partial charge in [0.2, 0.25) is 0 Å². The summed E-state index contributed by atoms with van der Waals surface area (Å²) in [7, 11) is 1.50. The maximum atomic E-state index is 12.1. The molecule has 0 radical (unpaired) electrons. The minimum atomic E-state index is -1.04. The van der Waals surface area contributed by atoms with Crippen LogP contribution in [0.15, 0.2) is 42.3 Å². The normalized spacial score (nSPS) is 11.0. The Morgan fingerprint density at radius 1 is 1.36 bits per heavy atom. The molecule has 0 saturated heterocycles. The number of ether oxygens (including phenoxy) is 3. The van der Waals surface area contributed by atoms with Crippen molar-refractivity contribution >= 4 is 28.2 Å². The molecule has 0 bridgehead atoms. The summed E-state index contributed by atoms with van der Waals surface area (Å²) in [5, 5.41) is 13.6. The molecule has 2 rings (SSSR count). The van der Waals surface area contributed by atoms with Crippen molar-refractivity contribution in [3.05, 3.63) is 53.4 Å². The highest BCUT2D eigenvalue weighted by molar-refractivity contribution is 7.14. The number of hydrogen-bond donors (Lipinski definition) is 1. The molecule has 1 N–H and O–H groups in total. The van der Waals surface area contributed by atoms with Gasteiger partial charge in [0.1, 0.15) is 11.1 Å². The molecule has 0 aliphatic carbocycles. The van der Waals surface area contributed by atoms with Crippen LogP contribution in [0.4, 0.5) is 5.00 Å². The van der Waals surface area contributed by atoms with Crippen LogP contribution in [-0.2, 0) is 20.7 Å². The van der Waals surface area contributed by atoms with Gasteiger partial charge < -0.3 is 19.5 Å². The highest BCUT2D eigenvalue weighted by Crippen LogP contribution is 2.28. The monoisotopic (exact) mass is 400 g/mol. The van der Waals surface area contributed by atoms with E-state index in [1.54, 1.807) is 29.7 Å². The number of carbonyl (C=O) groups is 2. The molecule has 0 spiro atoms. The van der Waals surface area contributed by atoms with Gasteiger partial charge in [-0.05, 0) is 42.5 Å². The first kappa shape index (κ1) is 21.0. The highest BCUT2D eigenvalue weighted by Gasteiger charge is 2.20. The molecule has 0 aliphatic heterocycles. The quantitative estimate of drug-likeness (QED) is 0.512. The Hall–Kier alpha value is -3.31. The molecule has 0 fully saturated rings. The van der Waals surface area contributed by atoms with Crippen molar-refractivity contribution in [1.82, 2.24) is 0 Å². The molecule has 8 heteroatoms. The summed E-state index contributed by atoms with van der Waals surface area (Å²) in [6.07, 6.45) is 1.42. The number of esters is 1. The second-order valence-corrected chi connectivity index (χ2v) is 6.58. The zero-order chi connectivity index (χ0) is 20.5. The van der Waals surface area contributed by atoms with Gasteiger partial charge >= 0.3 is 5.97 Å². The minimum absolute atomic E-state index is 0.354. The maximum absolute atomic E-state index is 12.1. The number of nitrogens with zero attached hydrogens (tertiary/aromatic N) is 1. The second-order valence-electron chi connectivity index (χ2n) is 5.66. The average Bonchev–Trinajstić information content (AvgIpc) is 3.14. The van der Waals surface area contributed by atoms with E-state index in [2.05, 4.69) is 11.9 Å². The summed E-state index contributed by atoms with van der Waals surface area (Å²) < 4.78 is 15.8. The van der Waals surface area contributed by atoms with Crippen LogP contribution in [0.3, 0.4) is 0 Å². The Labute approximate surface area is 167 Å². The lowest BCUT2D eigenvalue weighted by molar-refractivity contribution is -0.155. The molecule has 28 heavy (non-hydrogen) atoms. The number of amides is 1. The maximum Gasteiger partial charge on any atom is 0.344 e. The van der Waals surface area contributed by atoms with Crippen LogP contribution in [0, 0.1) is 11.3 Å². The highest BCUT2D eigenvalue weighted by atomic mass is 32.1. The first-order valence-corrected chi connectivity index (χ1v) is 9.25.